The summed E-state index contributed by atoms with van der Waals surface area (Å²) < 4.78 is 5.82. The largest absolute Gasteiger partial charge is 1.00 e. The van der Waals surface area contributed by atoms with Gasteiger partial charge in [0.2, 0.25) is 0 Å². The van der Waals surface area contributed by atoms with E-state index in [1.54, 1.807) is 0 Å². The van der Waals surface area contributed by atoms with E-state index in [1.165, 1.54) is 0 Å². The molecule has 0 aromatic heterocycles. The van der Waals surface area contributed by atoms with Gasteiger partial charge in [-0.2, -0.15) is 6.42 Å². The molecule has 0 rings (SSSR count). The first kappa shape index (κ1) is 15.2. The molecule has 0 amide bonds. The zero-order valence-electron chi connectivity index (χ0n) is 8.83. The van der Waals surface area contributed by atoms with Gasteiger partial charge in [-0.05, 0) is 18.1 Å². The van der Waals surface area contributed by atoms with Crippen molar-refractivity contribution in [2.24, 2.45) is 0 Å². The van der Waals surface area contributed by atoms with Crippen molar-refractivity contribution < 1.29 is 21.5 Å². The minimum absolute atomic E-state index is 0. The molecule has 0 bridgehead atoms. The molecule has 0 saturated heterocycles. The van der Waals surface area contributed by atoms with Gasteiger partial charge in [-0.25, -0.2) is 0 Å². The predicted molar refractivity (Wildman–Crippen MR) is 53.1 cm³/mol. The summed E-state index contributed by atoms with van der Waals surface area (Å²) in [4.78, 5) is 0. The maximum absolute atomic E-state index is 5.82. The van der Waals surface area contributed by atoms with Gasteiger partial charge in [-0.1, -0.05) is 20.8 Å². The van der Waals surface area contributed by atoms with Crippen LogP contribution in [-0.2, 0) is 21.5 Å². The minimum atomic E-state index is -1.47. The molecule has 0 fully saturated rings. The third-order valence-electron chi connectivity index (χ3n) is 2.41. The van der Waals surface area contributed by atoms with Crippen molar-refractivity contribution in [2.75, 3.05) is 6.61 Å². The maximum Gasteiger partial charge on any atom is 1.00 e. The first-order chi connectivity index (χ1) is 4.81. The van der Waals surface area contributed by atoms with Crippen LogP contribution in [0.4, 0.5) is 0 Å². The van der Waals surface area contributed by atoms with Crippen LogP contribution in [0.15, 0.2) is 0 Å². The Balaban J connectivity index is 0. The van der Waals surface area contributed by atoms with Crippen LogP contribution < -0.4 is 0 Å². The Bertz CT molecular complexity index is 118. The third-order valence-corrected chi connectivity index (χ3v) is 6.95. The molecule has 0 saturated carbocycles. The molecule has 0 radical (unpaired) electrons. The molecule has 0 aliphatic carbocycles. The van der Waals surface area contributed by atoms with E-state index in [0.717, 1.165) is 13.0 Å². The summed E-state index contributed by atoms with van der Waals surface area (Å²) in [6, 6.07) is 0. The standard InChI is InChI=1S/C9H21OSi.Cu/c1-7-8-10-11(5,6)9(2,3)4;/h1,7-8H2,2-6H3;/q-1;+1. The number of hydrogen-bond donors (Lipinski definition) is 0. The van der Waals surface area contributed by atoms with Crippen LogP contribution in [0.25, 0.3) is 0 Å². The van der Waals surface area contributed by atoms with Crippen LogP contribution in [0.2, 0.25) is 18.1 Å². The molecule has 0 aromatic rings. The van der Waals surface area contributed by atoms with Gasteiger partial charge in [0.25, 0.3) is 0 Å². The second kappa shape index (κ2) is 5.43. The maximum atomic E-state index is 5.82. The van der Waals surface area contributed by atoms with Gasteiger partial charge in [0.1, 0.15) is 0 Å². The first-order valence-corrected chi connectivity index (χ1v) is 7.15. The Labute approximate surface area is 88.9 Å². The van der Waals surface area contributed by atoms with Gasteiger partial charge in [-0.3, -0.25) is 0 Å². The second-order valence-corrected chi connectivity index (χ2v) is 9.27. The normalized spacial score (nSPS) is 12.5. The van der Waals surface area contributed by atoms with Crippen molar-refractivity contribution in [3.8, 4) is 0 Å². The summed E-state index contributed by atoms with van der Waals surface area (Å²) in [5, 5.41) is 0.335. The molecule has 1 nitrogen and oxygen atoms in total. The van der Waals surface area contributed by atoms with E-state index in [2.05, 4.69) is 40.8 Å². The Hall–Kier alpha value is 0.696. The molecule has 3 heteroatoms. The summed E-state index contributed by atoms with van der Waals surface area (Å²) in [5.74, 6) is 0. The first-order valence-electron chi connectivity index (χ1n) is 4.24. The monoisotopic (exact) mass is 236 g/mol. The van der Waals surface area contributed by atoms with E-state index in [0.29, 0.717) is 5.04 Å². The smallest absolute Gasteiger partial charge is 0.419 e. The fraction of sp³-hybridized carbons (Fsp3) is 0.889. The van der Waals surface area contributed by atoms with Gasteiger partial charge in [-0.15, -0.1) is 0 Å². The summed E-state index contributed by atoms with van der Waals surface area (Å²) in [6.07, 6.45) is 0.881. The molecule has 0 spiro atoms. The van der Waals surface area contributed by atoms with E-state index < -0.39 is 8.32 Å². The Morgan fingerprint density at radius 2 is 1.67 bits per heavy atom. The van der Waals surface area contributed by atoms with Gasteiger partial charge in [0.15, 0.2) is 8.32 Å². The summed E-state index contributed by atoms with van der Waals surface area (Å²) in [6.45, 7) is 15.9. The molecular formula is C9H21CuOSi. The quantitative estimate of drug-likeness (QED) is 0.540. The van der Waals surface area contributed by atoms with Crippen LogP contribution >= 0.6 is 0 Å². The molecule has 0 aliphatic rings. The van der Waals surface area contributed by atoms with Gasteiger partial charge in [0, 0.05) is 6.61 Å². The number of hydrogen-bond acceptors (Lipinski definition) is 1. The van der Waals surface area contributed by atoms with E-state index in [-0.39, 0.29) is 17.1 Å². The fourth-order valence-electron chi connectivity index (χ4n) is 0.544. The molecule has 0 atom stereocenters. The van der Waals surface area contributed by atoms with Crippen molar-refractivity contribution in [2.45, 2.75) is 45.3 Å². The fourth-order valence-corrected chi connectivity index (χ4v) is 1.63. The molecule has 0 aromatic carbocycles. The van der Waals surface area contributed by atoms with E-state index in [1.807, 2.05) is 0 Å². The van der Waals surface area contributed by atoms with E-state index >= 15 is 0 Å². The van der Waals surface area contributed by atoms with E-state index in [4.69, 9.17) is 4.43 Å². The van der Waals surface area contributed by atoms with Gasteiger partial charge < -0.3 is 11.3 Å². The van der Waals surface area contributed by atoms with Crippen LogP contribution in [-0.4, -0.2) is 14.9 Å². The summed E-state index contributed by atoms with van der Waals surface area (Å²) >= 11 is 0. The van der Waals surface area contributed by atoms with Crippen LogP contribution in [0.1, 0.15) is 27.2 Å². The average molecular weight is 237 g/mol. The van der Waals surface area contributed by atoms with Crippen molar-refractivity contribution in [3.63, 3.8) is 0 Å². The molecule has 78 valence electrons. The topological polar surface area (TPSA) is 9.23 Å². The SMILES string of the molecule is [CH2-]CCO[Si](C)(C)C(C)(C)C.[Cu+]. The number of rotatable bonds is 3. The molecule has 0 aliphatic heterocycles. The second-order valence-electron chi connectivity index (χ2n) is 4.46. The molecular weight excluding hydrogens is 216 g/mol. The van der Waals surface area contributed by atoms with Crippen LogP contribution in [0.5, 0.6) is 0 Å². The zero-order chi connectivity index (χ0) is 9.12. The van der Waals surface area contributed by atoms with Crippen LogP contribution in [0.3, 0.4) is 0 Å². The third kappa shape index (κ3) is 4.66. The van der Waals surface area contributed by atoms with Crippen molar-refractivity contribution in [1.29, 1.82) is 0 Å². The zero-order valence-corrected chi connectivity index (χ0v) is 10.8. The Morgan fingerprint density at radius 1 is 1.25 bits per heavy atom. The van der Waals surface area contributed by atoms with Crippen molar-refractivity contribution in [3.05, 3.63) is 6.92 Å². The van der Waals surface area contributed by atoms with Gasteiger partial charge >= 0.3 is 17.1 Å². The van der Waals surface area contributed by atoms with E-state index in [9.17, 15) is 0 Å². The Morgan fingerprint density at radius 3 is 1.92 bits per heavy atom. The molecule has 12 heavy (non-hydrogen) atoms. The van der Waals surface area contributed by atoms with Crippen molar-refractivity contribution >= 4 is 8.32 Å². The summed E-state index contributed by atoms with van der Waals surface area (Å²) in [5.41, 5.74) is 0. The summed E-state index contributed by atoms with van der Waals surface area (Å²) in [7, 11) is -1.47. The van der Waals surface area contributed by atoms with Crippen LogP contribution in [0, 0.1) is 6.92 Å². The average Bonchev–Trinajstić information content (AvgIpc) is 1.81. The molecule has 0 unspecified atom stereocenters. The van der Waals surface area contributed by atoms with Crippen molar-refractivity contribution in [1.82, 2.24) is 0 Å². The molecule has 0 N–H and O–H groups in total. The van der Waals surface area contributed by atoms with Gasteiger partial charge in [0.05, 0.1) is 0 Å². The molecule has 0 heterocycles. The predicted octanol–water partition coefficient (Wildman–Crippen LogP) is 3.23. The minimum Gasteiger partial charge on any atom is -0.419 e. The Kier molecular flexibility index (Phi) is 6.87.